The van der Waals surface area contributed by atoms with Gasteiger partial charge < -0.3 is 20.2 Å². The summed E-state index contributed by atoms with van der Waals surface area (Å²) < 4.78 is 10.2. The minimum Gasteiger partial charge on any atom is -0.455 e. The van der Waals surface area contributed by atoms with Crippen LogP contribution in [0.2, 0.25) is 0 Å². The maximum absolute atomic E-state index is 11.6. The van der Waals surface area contributed by atoms with Crippen LogP contribution >= 0.6 is 0 Å². The molecule has 5 heteroatoms. The van der Waals surface area contributed by atoms with Crippen molar-refractivity contribution in [2.75, 3.05) is 20.3 Å². The summed E-state index contributed by atoms with van der Waals surface area (Å²) in [6, 6.07) is 3.33. The summed E-state index contributed by atoms with van der Waals surface area (Å²) in [5.74, 6) is 0.959. The highest BCUT2D eigenvalue weighted by Crippen LogP contribution is 2.06. The van der Waals surface area contributed by atoms with Gasteiger partial charge in [-0.3, -0.25) is 4.79 Å². The Morgan fingerprint density at radius 2 is 2.38 bits per heavy atom. The quantitative estimate of drug-likeness (QED) is 0.750. The second-order valence-electron chi connectivity index (χ2n) is 3.74. The number of hydrogen-bond acceptors (Lipinski definition) is 4. The lowest BCUT2D eigenvalue weighted by Crippen LogP contribution is -2.29. The van der Waals surface area contributed by atoms with E-state index in [0.717, 1.165) is 0 Å². The van der Waals surface area contributed by atoms with Crippen LogP contribution in [0.3, 0.4) is 0 Å². The smallest absolute Gasteiger partial charge is 0.287 e. The Morgan fingerprint density at radius 1 is 1.62 bits per heavy atom. The fourth-order valence-electron chi connectivity index (χ4n) is 1.31. The summed E-state index contributed by atoms with van der Waals surface area (Å²) in [7, 11) is 1.64. The minimum absolute atomic E-state index is 0.220. The third-order valence-electron chi connectivity index (χ3n) is 2.15. The van der Waals surface area contributed by atoms with E-state index in [2.05, 4.69) is 5.32 Å². The number of hydrogen-bond donors (Lipinski definition) is 2. The number of nitrogens with two attached hydrogens (primary N) is 1. The van der Waals surface area contributed by atoms with Crippen LogP contribution < -0.4 is 11.1 Å². The Balaban J connectivity index is 2.40. The van der Waals surface area contributed by atoms with Gasteiger partial charge in [-0.25, -0.2) is 0 Å². The molecule has 1 aromatic heterocycles. The molecule has 90 valence electrons. The van der Waals surface area contributed by atoms with Crippen molar-refractivity contribution in [2.24, 2.45) is 11.7 Å². The van der Waals surface area contributed by atoms with Gasteiger partial charge in [-0.2, -0.15) is 0 Å². The van der Waals surface area contributed by atoms with Crippen molar-refractivity contribution in [2.45, 2.75) is 13.5 Å². The van der Waals surface area contributed by atoms with Crippen LogP contribution in [0.1, 0.15) is 23.2 Å². The van der Waals surface area contributed by atoms with Gasteiger partial charge in [-0.15, -0.1) is 0 Å². The van der Waals surface area contributed by atoms with E-state index in [4.69, 9.17) is 14.9 Å². The zero-order chi connectivity index (χ0) is 12.0. The monoisotopic (exact) mass is 226 g/mol. The average Bonchev–Trinajstić information content (AvgIpc) is 2.75. The van der Waals surface area contributed by atoms with E-state index in [9.17, 15) is 4.79 Å². The lowest BCUT2D eigenvalue weighted by molar-refractivity contribution is 0.0905. The van der Waals surface area contributed by atoms with E-state index < -0.39 is 0 Å². The standard InChI is InChI=1S/C11H18N2O3/c1-8(7-15-2)6-13-11(14)10-4-3-9(5-12)16-10/h3-4,8H,5-7,12H2,1-2H3,(H,13,14). The van der Waals surface area contributed by atoms with Gasteiger partial charge in [0.1, 0.15) is 5.76 Å². The molecule has 16 heavy (non-hydrogen) atoms. The molecule has 0 bridgehead atoms. The molecule has 3 N–H and O–H groups in total. The van der Waals surface area contributed by atoms with Crippen LogP contribution in [-0.4, -0.2) is 26.2 Å². The molecule has 1 amide bonds. The van der Waals surface area contributed by atoms with Gasteiger partial charge in [0.05, 0.1) is 13.2 Å². The van der Waals surface area contributed by atoms with Crippen LogP contribution in [-0.2, 0) is 11.3 Å². The SMILES string of the molecule is COCC(C)CNC(=O)c1ccc(CN)o1. The molecule has 0 aliphatic heterocycles. The molecule has 0 fully saturated rings. The number of methoxy groups -OCH3 is 1. The summed E-state index contributed by atoms with van der Waals surface area (Å²) in [5, 5.41) is 2.77. The molecule has 0 radical (unpaired) electrons. The lowest BCUT2D eigenvalue weighted by Gasteiger charge is -2.10. The molecule has 5 nitrogen and oxygen atoms in total. The fourth-order valence-corrected chi connectivity index (χ4v) is 1.31. The van der Waals surface area contributed by atoms with Crippen molar-refractivity contribution in [3.8, 4) is 0 Å². The lowest BCUT2D eigenvalue weighted by atomic mass is 10.2. The van der Waals surface area contributed by atoms with Gasteiger partial charge in [-0.05, 0) is 18.1 Å². The minimum atomic E-state index is -0.220. The first-order valence-electron chi connectivity index (χ1n) is 5.23. The molecule has 1 unspecified atom stereocenters. The van der Waals surface area contributed by atoms with Gasteiger partial charge in [0, 0.05) is 13.7 Å². The molecule has 0 spiro atoms. The molecular formula is C11H18N2O3. The molecule has 0 saturated heterocycles. The summed E-state index contributed by atoms with van der Waals surface area (Å²) in [4.78, 5) is 11.6. The van der Waals surface area contributed by atoms with Crippen LogP contribution in [0.5, 0.6) is 0 Å². The Labute approximate surface area is 94.9 Å². The maximum atomic E-state index is 11.6. The van der Waals surface area contributed by atoms with Crippen LogP contribution in [0.15, 0.2) is 16.5 Å². The Bertz CT molecular complexity index is 336. The van der Waals surface area contributed by atoms with Gasteiger partial charge in [0.25, 0.3) is 5.91 Å². The summed E-state index contributed by atoms with van der Waals surface area (Å²) in [6.07, 6.45) is 0. The molecule has 1 aromatic rings. The number of rotatable bonds is 6. The van der Waals surface area contributed by atoms with E-state index >= 15 is 0 Å². The predicted molar refractivity (Wildman–Crippen MR) is 60.0 cm³/mol. The third kappa shape index (κ3) is 3.67. The second kappa shape index (κ2) is 6.30. The molecule has 1 heterocycles. The zero-order valence-corrected chi connectivity index (χ0v) is 9.66. The van der Waals surface area contributed by atoms with Crippen molar-refractivity contribution in [1.29, 1.82) is 0 Å². The predicted octanol–water partition coefficient (Wildman–Crippen LogP) is 0.751. The van der Waals surface area contributed by atoms with E-state index in [1.807, 2.05) is 6.92 Å². The summed E-state index contributed by atoms with van der Waals surface area (Å²) in [5.41, 5.74) is 5.38. The second-order valence-corrected chi connectivity index (χ2v) is 3.74. The molecule has 1 atom stereocenters. The fraction of sp³-hybridized carbons (Fsp3) is 0.545. The van der Waals surface area contributed by atoms with E-state index in [1.54, 1.807) is 19.2 Å². The highest BCUT2D eigenvalue weighted by molar-refractivity contribution is 5.91. The molecule has 0 aliphatic carbocycles. The van der Waals surface area contributed by atoms with Gasteiger partial charge in [-0.1, -0.05) is 6.92 Å². The molecule has 0 aliphatic rings. The first-order chi connectivity index (χ1) is 7.67. The van der Waals surface area contributed by atoms with Crippen LogP contribution in [0.4, 0.5) is 0 Å². The number of amides is 1. The summed E-state index contributed by atoms with van der Waals surface area (Å²) in [6.45, 7) is 3.47. The molecule has 0 saturated carbocycles. The molecule has 1 rings (SSSR count). The third-order valence-corrected chi connectivity index (χ3v) is 2.15. The zero-order valence-electron chi connectivity index (χ0n) is 9.66. The first kappa shape index (κ1) is 12.7. The topological polar surface area (TPSA) is 77.5 Å². The Morgan fingerprint density at radius 3 is 2.94 bits per heavy atom. The van der Waals surface area contributed by atoms with Crippen molar-refractivity contribution >= 4 is 5.91 Å². The number of nitrogens with one attached hydrogen (secondary N) is 1. The first-order valence-corrected chi connectivity index (χ1v) is 5.23. The number of carbonyl (C=O) groups is 1. The Kier molecular flexibility index (Phi) is 5.01. The molecular weight excluding hydrogens is 208 g/mol. The van der Waals surface area contributed by atoms with Crippen molar-refractivity contribution in [3.63, 3.8) is 0 Å². The van der Waals surface area contributed by atoms with Crippen LogP contribution in [0, 0.1) is 5.92 Å². The number of ether oxygens (including phenoxy) is 1. The highest BCUT2D eigenvalue weighted by Gasteiger charge is 2.11. The molecule has 0 aromatic carbocycles. The maximum Gasteiger partial charge on any atom is 0.287 e. The highest BCUT2D eigenvalue weighted by atomic mass is 16.5. The van der Waals surface area contributed by atoms with Gasteiger partial charge in [0.2, 0.25) is 0 Å². The average molecular weight is 226 g/mol. The van der Waals surface area contributed by atoms with E-state index in [0.29, 0.717) is 31.2 Å². The van der Waals surface area contributed by atoms with Gasteiger partial charge >= 0.3 is 0 Å². The summed E-state index contributed by atoms with van der Waals surface area (Å²) >= 11 is 0. The van der Waals surface area contributed by atoms with Crippen molar-refractivity contribution < 1.29 is 13.9 Å². The van der Waals surface area contributed by atoms with Crippen molar-refractivity contribution in [1.82, 2.24) is 5.32 Å². The Hall–Kier alpha value is -1.33. The van der Waals surface area contributed by atoms with E-state index in [1.165, 1.54) is 0 Å². The number of furan rings is 1. The largest absolute Gasteiger partial charge is 0.455 e. The van der Waals surface area contributed by atoms with Gasteiger partial charge in [0.15, 0.2) is 5.76 Å². The normalized spacial score (nSPS) is 12.4. The van der Waals surface area contributed by atoms with Crippen LogP contribution in [0.25, 0.3) is 0 Å². The van der Waals surface area contributed by atoms with Crippen molar-refractivity contribution in [3.05, 3.63) is 23.7 Å². The van der Waals surface area contributed by atoms with E-state index in [-0.39, 0.29) is 11.8 Å². The number of carbonyl (C=O) groups excluding carboxylic acids is 1.